The zero-order valence-electron chi connectivity index (χ0n) is 7.19. The second-order valence-corrected chi connectivity index (χ2v) is 3.58. The van der Waals surface area contributed by atoms with Gasteiger partial charge >= 0.3 is 0 Å². The van der Waals surface area contributed by atoms with Gasteiger partial charge in [0.15, 0.2) is 6.17 Å². The third-order valence-corrected chi connectivity index (χ3v) is 2.70. The van der Waals surface area contributed by atoms with Crippen molar-refractivity contribution < 1.29 is 0 Å². The van der Waals surface area contributed by atoms with Crippen molar-refractivity contribution in [3.8, 4) is 0 Å². The van der Waals surface area contributed by atoms with Crippen LogP contribution in [0.5, 0.6) is 0 Å². The van der Waals surface area contributed by atoms with Gasteiger partial charge in [-0.3, -0.25) is 0 Å². The molecule has 12 heavy (non-hydrogen) atoms. The molecule has 2 rings (SSSR count). The van der Waals surface area contributed by atoms with Crippen molar-refractivity contribution in [2.24, 2.45) is 26.6 Å². The van der Waals surface area contributed by atoms with Gasteiger partial charge in [-0.25, -0.2) is 0 Å². The van der Waals surface area contributed by atoms with Crippen LogP contribution in [-0.2, 0) is 0 Å². The molecule has 4 nitrogen and oxygen atoms in total. The van der Waals surface area contributed by atoms with Crippen LogP contribution in [0.2, 0.25) is 0 Å². The molecule has 1 saturated carbocycles. The van der Waals surface area contributed by atoms with Gasteiger partial charge in [-0.1, -0.05) is 25.7 Å². The molecule has 0 aromatic carbocycles. The van der Waals surface area contributed by atoms with E-state index in [1.54, 1.807) is 0 Å². The molecule has 0 bridgehead atoms. The van der Waals surface area contributed by atoms with Gasteiger partial charge < -0.3 is 0 Å². The van der Waals surface area contributed by atoms with E-state index in [1.807, 2.05) is 0 Å². The van der Waals surface area contributed by atoms with Gasteiger partial charge in [0.05, 0.1) is 0 Å². The molecule has 0 unspecified atom stereocenters. The Morgan fingerprint density at radius 1 is 0.750 bits per heavy atom. The quantitative estimate of drug-likeness (QED) is 0.537. The Bertz CT molecular complexity index is 179. The van der Waals surface area contributed by atoms with Crippen molar-refractivity contribution in [1.29, 1.82) is 0 Å². The molecule has 0 atom stereocenters. The largest absolute Gasteiger partial charge is 0.188 e. The average Bonchev–Trinajstić information content (AvgIpc) is 2.48. The fraction of sp³-hybridized carbons (Fsp3) is 1.00. The molecule has 0 aromatic heterocycles. The molecule has 0 spiro atoms. The van der Waals surface area contributed by atoms with Gasteiger partial charge in [-0.15, -0.1) is 10.2 Å². The highest BCUT2D eigenvalue weighted by molar-refractivity contribution is 4.75. The maximum Gasteiger partial charge on any atom is 0.188 e. The summed E-state index contributed by atoms with van der Waals surface area (Å²) in [4.78, 5) is 0. The number of hydrogen-bond donors (Lipinski definition) is 0. The molecule has 1 aliphatic carbocycles. The van der Waals surface area contributed by atoms with Gasteiger partial charge in [0.1, 0.15) is 0 Å². The first-order valence-electron chi connectivity index (χ1n) is 4.77. The SMILES string of the molecule is C1CCCC(C2N=NN=N2)CC1. The number of rotatable bonds is 1. The maximum absolute atomic E-state index is 3.99. The molecular formula is C8H14N4. The number of nitrogens with zero attached hydrogens (tertiary/aromatic N) is 4. The standard InChI is InChI=1S/C8H14N4/c1-2-4-6-7(5-3-1)8-9-11-12-10-8/h7-8H,1-6H2. The van der Waals surface area contributed by atoms with E-state index in [0.717, 1.165) is 0 Å². The lowest BCUT2D eigenvalue weighted by molar-refractivity contribution is 0.382. The van der Waals surface area contributed by atoms with E-state index in [9.17, 15) is 0 Å². The fourth-order valence-corrected chi connectivity index (χ4v) is 1.97. The summed E-state index contributed by atoms with van der Waals surface area (Å²) in [5.74, 6) is 0.613. The van der Waals surface area contributed by atoms with Crippen LogP contribution in [-0.4, -0.2) is 6.17 Å². The summed E-state index contributed by atoms with van der Waals surface area (Å²) < 4.78 is 0. The van der Waals surface area contributed by atoms with Crippen LogP contribution in [0.15, 0.2) is 20.7 Å². The average molecular weight is 166 g/mol. The molecule has 4 heteroatoms. The summed E-state index contributed by atoms with van der Waals surface area (Å²) in [7, 11) is 0. The molecule has 1 fully saturated rings. The lowest BCUT2D eigenvalue weighted by Crippen LogP contribution is -2.13. The molecule has 1 aliphatic heterocycles. The smallest absolute Gasteiger partial charge is 0.138 e. The first-order chi connectivity index (χ1) is 5.97. The molecule has 1 heterocycles. The van der Waals surface area contributed by atoms with Crippen molar-refractivity contribution in [2.45, 2.75) is 44.7 Å². The van der Waals surface area contributed by atoms with Crippen LogP contribution in [0.4, 0.5) is 0 Å². The van der Waals surface area contributed by atoms with Crippen LogP contribution in [0.1, 0.15) is 38.5 Å². The summed E-state index contributed by atoms with van der Waals surface area (Å²) in [5.41, 5.74) is 0. The molecular weight excluding hydrogens is 152 g/mol. The highest BCUT2D eigenvalue weighted by Crippen LogP contribution is 2.29. The van der Waals surface area contributed by atoms with E-state index in [2.05, 4.69) is 20.7 Å². The first kappa shape index (κ1) is 7.83. The van der Waals surface area contributed by atoms with E-state index >= 15 is 0 Å². The van der Waals surface area contributed by atoms with Gasteiger partial charge in [-0.2, -0.15) is 0 Å². The second-order valence-electron chi connectivity index (χ2n) is 3.58. The first-order valence-corrected chi connectivity index (χ1v) is 4.77. The lowest BCUT2D eigenvalue weighted by Gasteiger charge is -2.13. The van der Waals surface area contributed by atoms with E-state index in [4.69, 9.17) is 0 Å². The summed E-state index contributed by atoms with van der Waals surface area (Å²) in [6, 6.07) is 0. The minimum absolute atomic E-state index is 0.0584. The lowest BCUT2D eigenvalue weighted by atomic mass is 9.98. The van der Waals surface area contributed by atoms with Crippen LogP contribution in [0, 0.1) is 5.92 Å². The highest BCUT2D eigenvalue weighted by atomic mass is 15.6. The van der Waals surface area contributed by atoms with Crippen LogP contribution in [0.25, 0.3) is 0 Å². The van der Waals surface area contributed by atoms with Crippen molar-refractivity contribution in [3.63, 3.8) is 0 Å². The molecule has 0 N–H and O–H groups in total. The van der Waals surface area contributed by atoms with Crippen molar-refractivity contribution in [2.75, 3.05) is 0 Å². The molecule has 0 radical (unpaired) electrons. The summed E-state index contributed by atoms with van der Waals surface area (Å²) in [6.07, 6.45) is 7.96. The Morgan fingerprint density at radius 3 is 1.92 bits per heavy atom. The third-order valence-electron chi connectivity index (χ3n) is 2.70. The molecule has 0 amide bonds. The third kappa shape index (κ3) is 1.68. The topological polar surface area (TPSA) is 49.4 Å². The monoisotopic (exact) mass is 166 g/mol. The molecule has 66 valence electrons. The van der Waals surface area contributed by atoms with Crippen LogP contribution < -0.4 is 0 Å². The van der Waals surface area contributed by atoms with E-state index in [1.165, 1.54) is 38.5 Å². The Kier molecular flexibility index (Phi) is 2.44. The predicted molar refractivity (Wildman–Crippen MR) is 44.7 cm³/mol. The van der Waals surface area contributed by atoms with E-state index < -0.39 is 0 Å². The van der Waals surface area contributed by atoms with Gasteiger partial charge in [-0.05, 0) is 23.3 Å². The predicted octanol–water partition coefficient (Wildman–Crippen LogP) is 3.12. The fourth-order valence-electron chi connectivity index (χ4n) is 1.97. The zero-order chi connectivity index (χ0) is 8.23. The Morgan fingerprint density at radius 2 is 1.33 bits per heavy atom. The maximum atomic E-state index is 3.99. The normalized spacial score (nSPS) is 26.3. The molecule has 0 saturated heterocycles. The highest BCUT2D eigenvalue weighted by Gasteiger charge is 2.23. The molecule has 0 aromatic rings. The number of hydrogen-bond acceptors (Lipinski definition) is 4. The van der Waals surface area contributed by atoms with Crippen molar-refractivity contribution in [1.82, 2.24) is 0 Å². The van der Waals surface area contributed by atoms with Crippen LogP contribution in [0.3, 0.4) is 0 Å². The van der Waals surface area contributed by atoms with Crippen molar-refractivity contribution >= 4 is 0 Å². The summed E-state index contributed by atoms with van der Waals surface area (Å²) in [5, 5.41) is 15.1. The van der Waals surface area contributed by atoms with Gasteiger partial charge in [0, 0.05) is 5.92 Å². The van der Waals surface area contributed by atoms with Crippen LogP contribution >= 0.6 is 0 Å². The minimum Gasteiger partial charge on any atom is -0.138 e. The zero-order valence-corrected chi connectivity index (χ0v) is 7.19. The molecule has 2 aliphatic rings. The van der Waals surface area contributed by atoms with E-state index in [-0.39, 0.29) is 6.17 Å². The Labute approximate surface area is 72.1 Å². The summed E-state index contributed by atoms with van der Waals surface area (Å²) >= 11 is 0. The Balaban J connectivity index is 1.92. The summed E-state index contributed by atoms with van der Waals surface area (Å²) in [6.45, 7) is 0. The van der Waals surface area contributed by atoms with E-state index in [0.29, 0.717) is 5.92 Å². The van der Waals surface area contributed by atoms with Gasteiger partial charge in [0.2, 0.25) is 0 Å². The Hall–Kier alpha value is -0.800. The minimum atomic E-state index is 0.0584. The van der Waals surface area contributed by atoms with Crippen molar-refractivity contribution in [3.05, 3.63) is 0 Å². The van der Waals surface area contributed by atoms with Gasteiger partial charge in [0.25, 0.3) is 0 Å². The second kappa shape index (κ2) is 3.74.